The van der Waals surface area contributed by atoms with Gasteiger partial charge in [0.05, 0.1) is 0 Å². The molecule has 15 heavy (non-hydrogen) atoms. The van der Waals surface area contributed by atoms with Crippen molar-refractivity contribution in [3.63, 3.8) is 0 Å². The Bertz CT molecular complexity index is 327. The van der Waals surface area contributed by atoms with Crippen molar-refractivity contribution in [1.82, 2.24) is 5.32 Å². The molecule has 0 radical (unpaired) electrons. The van der Waals surface area contributed by atoms with Crippen LogP contribution < -0.4 is 11.1 Å². The molecular formula is C9H11ClF2N2O. The molecule has 3 nitrogen and oxygen atoms in total. The normalized spacial score (nSPS) is 9.27. The van der Waals surface area contributed by atoms with E-state index in [9.17, 15) is 13.6 Å². The summed E-state index contributed by atoms with van der Waals surface area (Å²) < 4.78 is 26.0. The number of halogens is 3. The lowest BCUT2D eigenvalue weighted by Crippen LogP contribution is -2.30. The van der Waals surface area contributed by atoms with Crippen LogP contribution in [0.1, 0.15) is 10.4 Å². The summed E-state index contributed by atoms with van der Waals surface area (Å²) in [6.45, 7) is 0.411. The van der Waals surface area contributed by atoms with Gasteiger partial charge in [0.1, 0.15) is 17.2 Å². The fourth-order valence-electron chi connectivity index (χ4n) is 0.989. The lowest BCUT2D eigenvalue weighted by atomic mass is 10.2. The smallest absolute Gasteiger partial charge is 0.257 e. The Hall–Kier alpha value is -1.20. The predicted octanol–water partition coefficient (Wildman–Crippen LogP) is 1.08. The van der Waals surface area contributed by atoms with E-state index in [2.05, 4.69) is 5.32 Å². The third kappa shape index (κ3) is 3.45. The highest BCUT2D eigenvalue weighted by Crippen LogP contribution is 2.11. The van der Waals surface area contributed by atoms with Gasteiger partial charge < -0.3 is 11.1 Å². The van der Waals surface area contributed by atoms with Crippen LogP contribution in [0.25, 0.3) is 0 Å². The van der Waals surface area contributed by atoms with E-state index in [1.807, 2.05) is 0 Å². The largest absolute Gasteiger partial charge is 0.351 e. The van der Waals surface area contributed by atoms with Crippen molar-refractivity contribution < 1.29 is 13.6 Å². The third-order valence-corrected chi connectivity index (χ3v) is 1.62. The summed E-state index contributed by atoms with van der Waals surface area (Å²) in [4.78, 5) is 11.2. The minimum absolute atomic E-state index is 0. The molecule has 3 N–H and O–H groups in total. The van der Waals surface area contributed by atoms with E-state index in [1.54, 1.807) is 0 Å². The number of amides is 1. The Morgan fingerprint density at radius 3 is 2.33 bits per heavy atom. The van der Waals surface area contributed by atoms with E-state index < -0.39 is 23.1 Å². The predicted molar refractivity (Wildman–Crippen MR) is 55.0 cm³/mol. The van der Waals surface area contributed by atoms with Crippen LogP contribution in [0.4, 0.5) is 8.78 Å². The SMILES string of the molecule is Cl.NCCNC(=O)c1c(F)cccc1F. The molecule has 1 aromatic carbocycles. The first-order valence-corrected chi connectivity index (χ1v) is 4.09. The monoisotopic (exact) mass is 236 g/mol. The minimum Gasteiger partial charge on any atom is -0.351 e. The maximum atomic E-state index is 13.0. The number of nitrogens with two attached hydrogens (primary N) is 1. The first kappa shape index (κ1) is 13.8. The molecule has 0 heterocycles. The molecule has 0 saturated heterocycles. The number of nitrogens with one attached hydrogen (secondary N) is 1. The number of hydrogen-bond donors (Lipinski definition) is 2. The van der Waals surface area contributed by atoms with Crippen LogP contribution in [0.3, 0.4) is 0 Å². The Kier molecular flexibility index (Phi) is 5.81. The van der Waals surface area contributed by atoms with Crippen molar-refractivity contribution in [3.8, 4) is 0 Å². The van der Waals surface area contributed by atoms with Gasteiger partial charge in [0.15, 0.2) is 0 Å². The third-order valence-electron chi connectivity index (χ3n) is 1.62. The second-order valence-corrected chi connectivity index (χ2v) is 2.64. The van der Waals surface area contributed by atoms with E-state index in [0.29, 0.717) is 0 Å². The second kappa shape index (κ2) is 6.31. The zero-order valence-electron chi connectivity index (χ0n) is 7.80. The lowest BCUT2D eigenvalue weighted by molar-refractivity contribution is 0.0946. The molecule has 0 spiro atoms. The Balaban J connectivity index is 0.00000196. The average molecular weight is 237 g/mol. The molecule has 84 valence electrons. The first-order chi connectivity index (χ1) is 6.66. The number of hydrogen-bond acceptors (Lipinski definition) is 2. The quantitative estimate of drug-likeness (QED) is 0.825. The molecule has 0 bridgehead atoms. The lowest BCUT2D eigenvalue weighted by Gasteiger charge is -2.05. The Morgan fingerprint density at radius 1 is 1.33 bits per heavy atom. The molecule has 0 aromatic heterocycles. The molecule has 1 aromatic rings. The Labute approximate surface area is 92.1 Å². The number of benzene rings is 1. The summed E-state index contributed by atoms with van der Waals surface area (Å²) >= 11 is 0. The van der Waals surface area contributed by atoms with Gasteiger partial charge in [-0.15, -0.1) is 12.4 Å². The molecule has 0 fully saturated rings. The van der Waals surface area contributed by atoms with Gasteiger partial charge in [0, 0.05) is 13.1 Å². The fraction of sp³-hybridized carbons (Fsp3) is 0.222. The second-order valence-electron chi connectivity index (χ2n) is 2.64. The van der Waals surface area contributed by atoms with Crippen molar-refractivity contribution in [2.75, 3.05) is 13.1 Å². The first-order valence-electron chi connectivity index (χ1n) is 4.09. The summed E-state index contributed by atoms with van der Waals surface area (Å²) in [7, 11) is 0. The highest BCUT2D eigenvalue weighted by Gasteiger charge is 2.15. The van der Waals surface area contributed by atoms with E-state index in [0.717, 1.165) is 12.1 Å². The zero-order chi connectivity index (χ0) is 10.6. The molecule has 0 aliphatic heterocycles. The van der Waals surface area contributed by atoms with E-state index in [1.165, 1.54) is 6.07 Å². The summed E-state index contributed by atoms with van der Waals surface area (Å²) in [5, 5.41) is 2.29. The molecule has 0 saturated carbocycles. The van der Waals surface area contributed by atoms with Crippen LogP contribution in [-0.2, 0) is 0 Å². The van der Waals surface area contributed by atoms with Crippen LogP contribution in [-0.4, -0.2) is 19.0 Å². The molecule has 0 aliphatic rings. The maximum Gasteiger partial charge on any atom is 0.257 e. The summed E-state index contributed by atoms with van der Waals surface area (Å²) in [5.41, 5.74) is 4.56. The van der Waals surface area contributed by atoms with Gasteiger partial charge in [-0.05, 0) is 12.1 Å². The van der Waals surface area contributed by atoms with Crippen LogP contribution in [0.2, 0.25) is 0 Å². The van der Waals surface area contributed by atoms with Gasteiger partial charge in [0.25, 0.3) is 5.91 Å². The molecule has 1 amide bonds. The molecule has 0 atom stereocenters. The van der Waals surface area contributed by atoms with Crippen molar-refractivity contribution in [2.24, 2.45) is 5.73 Å². The number of carbonyl (C=O) groups is 1. The van der Waals surface area contributed by atoms with Crippen LogP contribution in [0, 0.1) is 11.6 Å². The van der Waals surface area contributed by atoms with Gasteiger partial charge in [-0.3, -0.25) is 4.79 Å². The summed E-state index contributed by atoms with van der Waals surface area (Å²) in [6.07, 6.45) is 0. The topological polar surface area (TPSA) is 55.1 Å². The van der Waals surface area contributed by atoms with Crippen LogP contribution in [0.5, 0.6) is 0 Å². The van der Waals surface area contributed by atoms with E-state index in [-0.39, 0.29) is 25.5 Å². The van der Waals surface area contributed by atoms with Crippen molar-refractivity contribution >= 4 is 18.3 Å². The van der Waals surface area contributed by atoms with E-state index in [4.69, 9.17) is 5.73 Å². The maximum absolute atomic E-state index is 13.0. The van der Waals surface area contributed by atoms with Crippen LogP contribution >= 0.6 is 12.4 Å². The summed E-state index contributed by atoms with van der Waals surface area (Å²) in [5.74, 6) is -2.54. The Morgan fingerprint density at radius 2 is 1.87 bits per heavy atom. The van der Waals surface area contributed by atoms with Crippen LogP contribution in [0.15, 0.2) is 18.2 Å². The van der Waals surface area contributed by atoms with E-state index >= 15 is 0 Å². The summed E-state index contributed by atoms with van der Waals surface area (Å²) in [6, 6.07) is 3.26. The standard InChI is InChI=1S/C9H10F2N2O.ClH/c10-6-2-1-3-7(11)8(6)9(14)13-5-4-12;/h1-3H,4-5,12H2,(H,13,14);1H. The van der Waals surface area contributed by atoms with Gasteiger partial charge in [0.2, 0.25) is 0 Å². The van der Waals surface area contributed by atoms with Crippen molar-refractivity contribution in [1.29, 1.82) is 0 Å². The van der Waals surface area contributed by atoms with Gasteiger partial charge in [-0.1, -0.05) is 6.07 Å². The highest BCUT2D eigenvalue weighted by molar-refractivity contribution is 5.94. The number of carbonyl (C=O) groups excluding carboxylic acids is 1. The fourth-order valence-corrected chi connectivity index (χ4v) is 0.989. The average Bonchev–Trinajstić information content (AvgIpc) is 2.14. The molecule has 6 heteroatoms. The minimum atomic E-state index is -0.875. The molecular weight excluding hydrogens is 226 g/mol. The van der Waals surface area contributed by atoms with Crippen molar-refractivity contribution in [2.45, 2.75) is 0 Å². The molecule has 0 unspecified atom stereocenters. The highest BCUT2D eigenvalue weighted by atomic mass is 35.5. The van der Waals surface area contributed by atoms with Crippen molar-refractivity contribution in [3.05, 3.63) is 35.4 Å². The molecule has 1 rings (SSSR count). The zero-order valence-corrected chi connectivity index (χ0v) is 8.61. The number of rotatable bonds is 3. The molecule has 0 aliphatic carbocycles. The van der Waals surface area contributed by atoms with Gasteiger partial charge >= 0.3 is 0 Å². The van der Waals surface area contributed by atoms with Gasteiger partial charge in [-0.2, -0.15) is 0 Å². The van der Waals surface area contributed by atoms with Gasteiger partial charge in [-0.25, -0.2) is 8.78 Å².